The molecule has 0 radical (unpaired) electrons. The van der Waals surface area contributed by atoms with E-state index in [4.69, 9.17) is 4.74 Å². The van der Waals surface area contributed by atoms with Gasteiger partial charge in [-0.05, 0) is 113 Å². The number of ether oxygens (including phenoxy) is 1. The highest BCUT2D eigenvalue weighted by molar-refractivity contribution is 5.75. The molecule has 0 aromatic heterocycles. The van der Waals surface area contributed by atoms with Crippen LogP contribution in [0.2, 0.25) is 0 Å². The van der Waals surface area contributed by atoms with Gasteiger partial charge in [-0.15, -0.1) is 0 Å². The maximum absolute atomic E-state index is 6.47. The Labute approximate surface area is 239 Å². The molecule has 3 aromatic rings. The van der Waals surface area contributed by atoms with Crippen LogP contribution in [0.15, 0.2) is 54.6 Å². The first-order valence-electron chi connectivity index (χ1n) is 16.0. The van der Waals surface area contributed by atoms with E-state index in [0.717, 1.165) is 55.8 Å². The van der Waals surface area contributed by atoms with Crippen LogP contribution in [0.25, 0.3) is 22.3 Å². The van der Waals surface area contributed by atoms with Crippen molar-refractivity contribution in [3.05, 3.63) is 76.9 Å². The summed E-state index contributed by atoms with van der Waals surface area (Å²) in [5.74, 6) is 3.54. The number of rotatable bonds is 12. The summed E-state index contributed by atoms with van der Waals surface area (Å²) >= 11 is 0. The van der Waals surface area contributed by atoms with Crippen LogP contribution in [-0.2, 0) is 19.3 Å². The van der Waals surface area contributed by atoms with Crippen molar-refractivity contribution in [2.24, 2.45) is 11.8 Å². The van der Waals surface area contributed by atoms with E-state index in [1.54, 1.807) is 0 Å². The highest BCUT2D eigenvalue weighted by atomic mass is 16.5. The lowest BCUT2D eigenvalue weighted by molar-refractivity contribution is 0.268. The first kappa shape index (κ1) is 29.4. The smallest absolute Gasteiger partial charge is 0.125 e. The number of benzene rings is 3. The van der Waals surface area contributed by atoms with Crippen LogP contribution in [0.1, 0.15) is 115 Å². The van der Waals surface area contributed by atoms with Gasteiger partial charge in [0.2, 0.25) is 0 Å². The highest BCUT2D eigenvalue weighted by Crippen LogP contribution is 2.38. The molecule has 1 fully saturated rings. The SMILES string of the molecule is CCc1cc(-c2ccc(C3CCC(C)CC3)cc2)ccc1-c1cc(CC)c(OCCC(CC)CC)c(CC)c1. The molecular formula is C38H52O. The number of aryl methyl sites for hydroxylation is 3. The zero-order valence-corrected chi connectivity index (χ0v) is 25.6. The summed E-state index contributed by atoms with van der Waals surface area (Å²) in [7, 11) is 0. The summed E-state index contributed by atoms with van der Waals surface area (Å²) in [6, 6.07) is 21.3. The van der Waals surface area contributed by atoms with Crippen molar-refractivity contribution in [3.8, 4) is 28.0 Å². The molecule has 0 amide bonds. The van der Waals surface area contributed by atoms with Crippen molar-refractivity contribution in [2.75, 3.05) is 6.61 Å². The largest absolute Gasteiger partial charge is 0.493 e. The average molecular weight is 525 g/mol. The second-order valence-electron chi connectivity index (χ2n) is 12.0. The van der Waals surface area contributed by atoms with Crippen LogP contribution in [0.5, 0.6) is 5.75 Å². The topological polar surface area (TPSA) is 9.23 Å². The third-order valence-electron chi connectivity index (χ3n) is 9.46. The van der Waals surface area contributed by atoms with Crippen LogP contribution in [0, 0.1) is 11.8 Å². The van der Waals surface area contributed by atoms with Gasteiger partial charge in [0.15, 0.2) is 0 Å². The summed E-state index contributed by atoms with van der Waals surface area (Å²) in [4.78, 5) is 0. The van der Waals surface area contributed by atoms with Crippen LogP contribution in [0.3, 0.4) is 0 Å². The first-order valence-corrected chi connectivity index (χ1v) is 16.0. The zero-order chi connectivity index (χ0) is 27.8. The van der Waals surface area contributed by atoms with E-state index < -0.39 is 0 Å². The van der Waals surface area contributed by atoms with E-state index in [-0.39, 0.29) is 0 Å². The standard InChI is InChI=1S/C38H52O/c1-7-28(8-2)22-23-39-38-30(10-4)25-36(26-31(38)11-5)37-21-20-35(24-29(37)9-3)34-18-16-33(17-19-34)32-14-12-27(6)13-15-32/h16-21,24-28,32H,7-15,22-23H2,1-6H3. The maximum Gasteiger partial charge on any atom is 0.125 e. The predicted octanol–water partition coefficient (Wildman–Crippen LogP) is 11.2. The Morgan fingerprint density at radius 3 is 1.79 bits per heavy atom. The molecule has 3 aromatic carbocycles. The van der Waals surface area contributed by atoms with Gasteiger partial charge in [0, 0.05) is 0 Å². The van der Waals surface area contributed by atoms with Crippen molar-refractivity contribution >= 4 is 0 Å². The molecule has 0 atom stereocenters. The van der Waals surface area contributed by atoms with Gasteiger partial charge in [-0.25, -0.2) is 0 Å². The van der Waals surface area contributed by atoms with Gasteiger partial charge < -0.3 is 4.74 Å². The summed E-state index contributed by atoms with van der Waals surface area (Å²) in [6.45, 7) is 14.6. The molecule has 1 saturated carbocycles. The predicted molar refractivity (Wildman–Crippen MR) is 170 cm³/mol. The number of hydrogen-bond acceptors (Lipinski definition) is 1. The normalized spacial score (nSPS) is 17.5. The second kappa shape index (κ2) is 14.2. The van der Waals surface area contributed by atoms with Crippen molar-refractivity contribution < 1.29 is 4.74 Å². The molecule has 1 aliphatic rings. The van der Waals surface area contributed by atoms with E-state index in [2.05, 4.69) is 96.1 Å². The molecule has 0 heterocycles. The molecule has 0 aliphatic heterocycles. The molecule has 0 saturated heterocycles. The maximum atomic E-state index is 6.47. The Balaban J connectivity index is 1.57. The van der Waals surface area contributed by atoms with E-state index in [1.807, 2.05) is 0 Å². The lowest BCUT2D eigenvalue weighted by atomic mass is 9.79. The summed E-state index contributed by atoms with van der Waals surface area (Å²) < 4.78 is 6.47. The number of hydrogen-bond donors (Lipinski definition) is 0. The molecule has 0 unspecified atom stereocenters. The summed E-state index contributed by atoms with van der Waals surface area (Å²) in [5.41, 5.74) is 11.0. The lowest BCUT2D eigenvalue weighted by Crippen LogP contribution is -2.10. The fourth-order valence-electron chi connectivity index (χ4n) is 6.53. The van der Waals surface area contributed by atoms with Crippen molar-refractivity contribution in [1.29, 1.82) is 0 Å². The van der Waals surface area contributed by atoms with E-state index in [0.29, 0.717) is 0 Å². The minimum absolute atomic E-state index is 0.746. The van der Waals surface area contributed by atoms with Crippen molar-refractivity contribution in [1.82, 2.24) is 0 Å². The molecule has 39 heavy (non-hydrogen) atoms. The van der Waals surface area contributed by atoms with Crippen LogP contribution in [-0.4, -0.2) is 6.61 Å². The van der Waals surface area contributed by atoms with Gasteiger partial charge >= 0.3 is 0 Å². The first-order chi connectivity index (χ1) is 19.0. The van der Waals surface area contributed by atoms with Crippen LogP contribution in [0.4, 0.5) is 0 Å². The van der Waals surface area contributed by atoms with Gasteiger partial charge in [-0.2, -0.15) is 0 Å². The molecule has 1 heteroatoms. The Bertz CT molecular complexity index is 1150. The molecular weight excluding hydrogens is 472 g/mol. The van der Waals surface area contributed by atoms with E-state index in [1.165, 1.54) is 83.0 Å². The van der Waals surface area contributed by atoms with Gasteiger partial charge in [-0.1, -0.05) is 110 Å². The fraction of sp³-hybridized carbons (Fsp3) is 0.526. The van der Waals surface area contributed by atoms with Crippen molar-refractivity contribution in [2.45, 2.75) is 112 Å². The molecule has 0 spiro atoms. The minimum Gasteiger partial charge on any atom is -0.493 e. The quantitative estimate of drug-likeness (QED) is 0.229. The molecule has 1 nitrogen and oxygen atoms in total. The lowest BCUT2D eigenvalue weighted by Gasteiger charge is -2.26. The highest BCUT2D eigenvalue weighted by Gasteiger charge is 2.20. The monoisotopic (exact) mass is 524 g/mol. The summed E-state index contributed by atoms with van der Waals surface area (Å²) in [6.07, 6.45) is 12.1. The van der Waals surface area contributed by atoms with Crippen LogP contribution >= 0.6 is 0 Å². The van der Waals surface area contributed by atoms with Crippen molar-refractivity contribution in [3.63, 3.8) is 0 Å². The van der Waals surface area contributed by atoms with Crippen LogP contribution < -0.4 is 4.74 Å². The average Bonchev–Trinajstić information content (AvgIpc) is 2.99. The van der Waals surface area contributed by atoms with E-state index >= 15 is 0 Å². The fourth-order valence-corrected chi connectivity index (χ4v) is 6.53. The van der Waals surface area contributed by atoms with E-state index in [9.17, 15) is 0 Å². The Hall–Kier alpha value is -2.54. The van der Waals surface area contributed by atoms with Gasteiger partial charge in [0.05, 0.1) is 6.61 Å². The van der Waals surface area contributed by atoms with Gasteiger partial charge in [-0.3, -0.25) is 0 Å². The Morgan fingerprint density at radius 1 is 0.667 bits per heavy atom. The molecule has 1 aliphatic carbocycles. The third-order valence-corrected chi connectivity index (χ3v) is 9.46. The molecule has 0 bridgehead atoms. The van der Waals surface area contributed by atoms with Gasteiger partial charge in [0.25, 0.3) is 0 Å². The third kappa shape index (κ3) is 7.16. The minimum atomic E-state index is 0.746. The second-order valence-corrected chi connectivity index (χ2v) is 12.0. The zero-order valence-electron chi connectivity index (χ0n) is 25.6. The Morgan fingerprint density at radius 2 is 1.23 bits per heavy atom. The molecule has 4 rings (SSSR count). The molecule has 0 N–H and O–H groups in total. The summed E-state index contributed by atoms with van der Waals surface area (Å²) in [5, 5.41) is 0. The Kier molecular flexibility index (Phi) is 10.7. The van der Waals surface area contributed by atoms with Gasteiger partial charge in [0.1, 0.15) is 5.75 Å². The molecule has 210 valence electrons.